The monoisotopic (exact) mass is 385 g/mol. The minimum atomic E-state index is -1.05. The molecule has 0 aliphatic rings. The molecule has 0 aliphatic heterocycles. The molecule has 8 heteroatoms. The summed E-state index contributed by atoms with van der Waals surface area (Å²) in [5.41, 5.74) is -1.13. The number of carboxylic acid groups (broad SMARTS) is 1. The average Bonchev–Trinajstić information content (AvgIpc) is 2.47. The Morgan fingerprint density at radius 3 is 1.70 bits per heavy atom. The number of carbonyl (C=O) groups is 4. The summed E-state index contributed by atoms with van der Waals surface area (Å²) in [5.74, 6) is -1.72. The largest absolute Gasteiger partial charge is 0.481 e. The van der Waals surface area contributed by atoms with Gasteiger partial charge >= 0.3 is 5.97 Å². The van der Waals surface area contributed by atoms with Crippen molar-refractivity contribution < 1.29 is 24.3 Å². The van der Waals surface area contributed by atoms with E-state index in [1.807, 2.05) is 34.6 Å². The number of rotatable bonds is 11. The lowest BCUT2D eigenvalue weighted by Crippen LogP contribution is -2.48. The van der Waals surface area contributed by atoms with Crippen LogP contribution in [0.4, 0.5) is 0 Å². The van der Waals surface area contributed by atoms with Crippen LogP contribution in [0.3, 0.4) is 0 Å². The Morgan fingerprint density at radius 1 is 0.778 bits per heavy atom. The Morgan fingerprint density at radius 2 is 1.26 bits per heavy atom. The summed E-state index contributed by atoms with van der Waals surface area (Å²) in [7, 11) is 0. The van der Waals surface area contributed by atoms with Crippen LogP contribution in [-0.4, -0.2) is 45.9 Å². The van der Waals surface area contributed by atoms with Gasteiger partial charge in [0.25, 0.3) is 0 Å². The third kappa shape index (κ3) is 13.7. The fraction of sp³-hybridized carbons (Fsp3) is 0.789. The van der Waals surface area contributed by atoms with Crippen LogP contribution in [0.25, 0.3) is 0 Å². The van der Waals surface area contributed by atoms with Crippen LogP contribution in [0.5, 0.6) is 0 Å². The zero-order chi connectivity index (χ0) is 21.3. The van der Waals surface area contributed by atoms with E-state index >= 15 is 0 Å². The molecular weight excluding hydrogens is 350 g/mol. The molecule has 0 rings (SSSR count). The maximum Gasteiger partial charge on any atom is 0.303 e. The van der Waals surface area contributed by atoms with Crippen LogP contribution >= 0.6 is 0 Å². The first-order valence-electron chi connectivity index (χ1n) is 9.35. The van der Waals surface area contributed by atoms with Crippen LogP contribution in [-0.2, 0) is 19.2 Å². The van der Waals surface area contributed by atoms with E-state index in [1.54, 1.807) is 6.92 Å². The number of carboxylic acids is 1. The van der Waals surface area contributed by atoms with Crippen LogP contribution in [0.15, 0.2) is 0 Å². The molecule has 0 fully saturated rings. The predicted octanol–water partition coefficient (Wildman–Crippen LogP) is 1.73. The molecule has 0 aromatic rings. The van der Waals surface area contributed by atoms with E-state index < -0.39 is 17.4 Å². The number of hydrogen-bond acceptors (Lipinski definition) is 4. The topological polar surface area (TPSA) is 125 Å². The standard InChI is InChI=1S/C19H35N3O5/c1-13(2)20-14(23)9-11-19(6,22-15(24)7-8-17(26)27)12-10-16(25)21-18(3,4)5/h13H,7-12H2,1-6H3,(H,20,23)(H,21,25)(H,22,24)(H,26,27). The van der Waals surface area contributed by atoms with Crippen LogP contribution in [0, 0.1) is 0 Å². The summed E-state index contributed by atoms with van der Waals surface area (Å²) in [4.78, 5) is 46.8. The van der Waals surface area contributed by atoms with Gasteiger partial charge in [0, 0.05) is 36.4 Å². The summed E-state index contributed by atoms with van der Waals surface area (Å²) in [6, 6.07) is 0.0199. The fourth-order valence-corrected chi connectivity index (χ4v) is 2.52. The molecule has 3 amide bonds. The highest BCUT2D eigenvalue weighted by molar-refractivity contribution is 5.82. The smallest absolute Gasteiger partial charge is 0.303 e. The molecule has 0 aromatic carbocycles. The van der Waals surface area contributed by atoms with E-state index in [-0.39, 0.29) is 49.1 Å². The van der Waals surface area contributed by atoms with Crippen molar-refractivity contribution in [2.75, 3.05) is 0 Å². The molecule has 8 nitrogen and oxygen atoms in total. The van der Waals surface area contributed by atoms with Crippen molar-refractivity contribution in [2.45, 2.75) is 97.2 Å². The Kier molecular flexibility index (Phi) is 10.0. The van der Waals surface area contributed by atoms with Crippen molar-refractivity contribution in [1.29, 1.82) is 0 Å². The van der Waals surface area contributed by atoms with E-state index in [1.165, 1.54) is 0 Å². The van der Waals surface area contributed by atoms with Gasteiger partial charge in [-0.3, -0.25) is 19.2 Å². The third-order valence-electron chi connectivity index (χ3n) is 3.78. The summed E-state index contributed by atoms with van der Waals surface area (Å²) >= 11 is 0. The van der Waals surface area contributed by atoms with Gasteiger partial charge in [-0.15, -0.1) is 0 Å². The lowest BCUT2D eigenvalue weighted by molar-refractivity contribution is -0.139. The lowest BCUT2D eigenvalue weighted by Gasteiger charge is -2.31. The van der Waals surface area contributed by atoms with E-state index in [0.717, 1.165) is 0 Å². The quantitative estimate of drug-likeness (QED) is 0.431. The third-order valence-corrected chi connectivity index (χ3v) is 3.78. The molecule has 0 bridgehead atoms. The van der Waals surface area contributed by atoms with Crippen molar-refractivity contribution in [3.8, 4) is 0 Å². The van der Waals surface area contributed by atoms with Gasteiger partial charge in [-0.1, -0.05) is 0 Å². The number of nitrogens with one attached hydrogen (secondary N) is 3. The Balaban J connectivity index is 4.90. The second kappa shape index (κ2) is 10.9. The summed E-state index contributed by atoms with van der Waals surface area (Å²) in [6.45, 7) is 11.2. The number of hydrogen-bond donors (Lipinski definition) is 4. The van der Waals surface area contributed by atoms with E-state index in [4.69, 9.17) is 5.11 Å². The molecule has 0 aromatic heterocycles. The minimum absolute atomic E-state index is 0.0199. The second-order valence-corrected chi connectivity index (χ2v) is 8.52. The molecule has 27 heavy (non-hydrogen) atoms. The molecule has 4 N–H and O–H groups in total. The Labute approximate surface area is 161 Å². The molecule has 0 heterocycles. The zero-order valence-electron chi connectivity index (χ0n) is 17.4. The maximum atomic E-state index is 12.1. The zero-order valence-corrected chi connectivity index (χ0v) is 17.4. The number of amides is 3. The summed E-state index contributed by atoms with van der Waals surface area (Å²) in [5, 5.41) is 17.2. The van der Waals surface area contributed by atoms with Crippen LogP contribution < -0.4 is 16.0 Å². The Hall–Kier alpha value is -2.12. The first-order chi connectivity index (χ1) is 12.2. The van der Waals surface area contributed by atoms with Crippen molar-refractivity contribution in [3.05, 3.63) is 0 Å². The molecule has 1 unspecified atom stereocenters. The average molecular weight is 386 g/mol. The second-order valence-electron chi connectivity index (χ2n) is 8.52. The molecular formula is C19H35N3O5. The normalized spacial score (nSPS) is 13.6. The molecule has 1 atom stereocenters. The highest BCUT2D eigenvalue weighted by Gasteiger charge is 2.28. The van der Waals surface area contributed by atoms with Gasteiger partial charge in [0.2, 0.25) is 17.7 Å². The van der Waals surface area contributed by atoms with Gasteiger partial charge in [0.15, 0.2) is 0 Å². The van der Waals surface area contributed by atoms with Crippen LogP contribution in [0.2, 0.25) is 0 Å². The lowest BCUT2D eigenvalue weighted by atomic mass is 9.89. The van der Waals surface area contributed by atoms with E-state index in [2.05, 4.69) is 16.0 Å². The first kappa shape index (κ1) is 24.9. The molecule has 0 spiro atoms. The molecule has 156 valence electrons. The van der Waals surface area contributed by atoms with Gasteiger partial charge in [-0.05, 0) is 54.4 Å². The number of carbonyl (C=O) groups excluding carboxylic acids is 3. The Bertz CT molecular complexity index is 540. The number of aliphatic carboxylic acids is 1. The fourth-order valence-electron chi connectivity index (χ4n) is 2.52. The van der Waals surface area contributed by atoms with Crippen molar-refractivity contribution in [3.63, 3.8) is 0 Å². The van der Waals surface area contributed by atoms with E-state index in [9.17, 15) is 19.2 Å². The van der Waals surface area contributed by atoms with Gasteiger partial charge in [-0.2, -0.15) is 0 Å². The maximum absolute atomic E-state index is 12.1. The van der Waals surface area contributed by atoms with Gasteiger partial charge in [0.1, 0.15) is 0 Å². The predicted molar refractivity (Wildman–Crippen MR) is 103 cm³/mol. The summed E-state index contributed by atoms with van der Waals surface area (Å²) < 4.78 is 0. The highest BCUT2D eigenvalue weighted by atomic mass is 16.4. The minimum Gasteiger partial charge on any atom is -0.481 e. The summed E-state index contributed by atoms with van der Waals surface area (Å²) in [6.07, 6.45) is 0.695. The molecule has 0 radical (unpaired) electrons. The van der Waals surface area contributed by atoms with Gasteiger partial charge in [-0.25, -0.2) is 0 Å². The van der Waals surface area contributed by atoms with Gasteiger partial charge < -0.3 is 21.1 Å². The van der Waals surface area contributed by atoms with Crippen molar-refractivity contribution in [1.82, 2.24) is 16.0 Å². The SMILES string of the molecule is CC(C)NC(=O)CCC(C)(CCC(=O)NC(C)(C)C)NC(=O)CCC(=O)O. The highest BCUT2D eigenvalue weighted by Crippen LogP contribution is 2.20. The van der Waals surface area contributed by atoms with E-state index in [0.29, 0.717) is 12.8 Å². The van der Waals surface area contributed by atoms with Crippen molar-refractivity contribution in [2.24, 2.45) is 0 Å². The van der Waals surface area contributed by atoms with Crippen LogP contribution in [0.1, 0.15) is 80.1 Å². The molecule has 0 saturated carbocycles. The van der Waals surface area contributed by atoms with Crippen molar-refractivity contribution >= 4 is 23.7 Å². The molecule has 0 aliphatic carbocycles. The molecule has 0 saturated heterocycles. The van der Waals surface area contributed by atoms with Gasteiger partial charge in [0.05, 0.1) is 6.42 Å². The first-order valence-corrected chi connectivity index (χ1v) is 9.35.